The highest BCUT2D eigenvalue weighted by Crippen LogP contribution is 2.19. The highest BCUT2D eigenvalue weighted by molar-refractivity contribution is 9.10. The number of anilines is 1. The molecule has 0 aromatic carbocycles. The van der Waals surface area contributed by atoms with E-state index in [4.69, 9.17) is 0 Å². The van der Waals surface area contributed by atoms with Crippen LogP contribution in [0.1, 0.15) is 27.9 Å². The van der Waals surface area contributed by atoms with E-state index >= 15 is 0 Å². The van der Waals surface area contributed by atoms with Gasteiger partial charge in [-0.2, -0.15) is 0 Å². The predicted molar refractivity (Wildman–Crippen MR) is 86.3 cm³/mol. The highest BCUT2D eigenvalue weighted by atomic mass is 79.9. The Kier molecular flexibility index (Phi) is 5.14. The molecule has 0 atom stereocenters. The number of aryl methyl sites for hydroxylation is 1. The second-order valence-corrected chi connectivity index (χ2v) is 6.24. The second kappa shape index (κ2) is 6.85. The van der Waals surface area contributed by atoms with E-state index in [0.717, 1.165) is 27.4 Å². The smallest absolute Gasteiger partial charge is 0.251 e. The van der Waals surface area contributed by atoms with Gasteiger partial charge in [0.25, 0.3) is 5.91 Å². The van der Waals surface area contributed by atoms with E-state index in [2.05, 4.69) is 31.5 Å². The van der Waals surface area contributed by atoms with Gasteiger partial charge in [0.2, 0.25) is 0 Å². The van der Waals surface area contributed by atoms with Gasteiger partial charge in [-0.05, 0) is 48.0 Å². The van der Waals surface area contributed by atoms with Crippen LogP contribution in [-0.2, 0) is 6.54 Å². The van der Waals surface area contributed by atoms with Crippen LogP contribution in [0, 0.1) is 6.92 Å². The van der Waals surface area contributed by atoms with E-state index in [9.17, 15) is 4.79 Å². The van der Waals surface area contributed by atoms with Crippen LogP contribution in [-0.4, -0.2) is 17.4 Å². The lowest BCUT2D eigenvalue weighted by molar-refractivity contribution is 0.0951. The number of rotatable bonds is 5. The number of hydrogen-bond acceptors (Lipinski definition) is 4. The fourth-order valence-corrected chi connectivity index (χ4v) is 3.18. The Labute approximate surface area is 130 Å². The van der Waals surface area contributed by atoms with Crippen molar-refractivity contribution in [2.24, 2.45) is 0 Å². The van der Waals surface area contributed by atoms with Crippen molar-refractivity contribution in [3.05, 3.63) is 44.2 Å². The van der Waals surface area contributed by atoms with Crippen molar-refractivity contribution >= 4 is 39.0 Å². The maximum Gasteiger partial charge on any atom is 0.251 e. The van der Waals surface area contributed by atoms with Crippen LogP contribution < -0.4 is 10.6 Å². The summed E-state index contributed by atoms with van der Waals surface area (Å²) in [6, 6.07) is 5.57. The number of nitrogens with zero attached hydrogens (tertiary/aromatic N) is 1. The average Bonchev–Trinajstić information content (AvgIpc) is 2.81. The molecule has 0 aliphatic heterocycles. The summed E-state index contributed by atoms with van der Waals surface area (Å²) in [5, 5.41) is 8.05. The largest absolute Gasteiger partial charge is 0.370 e. The Hall–Kier alpha value is -1.40. The molecule has 0 aliphatic rings. The monoisotopic (exact) mass is 353 g/mol. The quantitative estimate of drug-likeness (QED) is 0.863. The minimum Gasteiger partial charge on any atom is -0.370 e. The summed E-state index contributed by atoms with van der Waals surface area (Å²) in [5.74, 6) is 0.649. The highest BCUT2D eigenvalue weighted by Gasteiger charge is 2.09. The zero-order valence-electron chi connectivity index (χ0n) is 11.4. The number of thiophene rings is 1. The van der Waals surface area contributed by atoms with E-state index in [1.165, 1.54) is 0 Å². The summed E-state index contributed by atoms with van der Waals surface area (Å²) in [6.07, 6.45) is 0. The predicted octanol–water partition coefficient (Wildman–Crippen LogP) is 3.58. The van der Waals surface area contributed by atoms with Crippen molar-refractivity contribution in [2.75, 3.05) is 11.9 Å². The van der Waals surface area contributed by atoms with Crippen LogP contribution in [0.5, 0.6) is 0 Å². The van der Waals surface area contributed by atoms with Crippen LogP contribution in [0.25, 0.3) is 0 Å². The van der Waals surface area contributed by atoms with Crippen LogP contribution in [0.2, 0.25) is 0 Å². The third-order valence-corrected chi connectivity index (χ3v) is 4.32. The van der Waals surface area contributed by atoms with Crippen molar-refractivity contribution in [3.63, 3.8) is 0 Å². The van der Waals surface area contributed by atoms with E-state index in [1.54, 1.807) is 23.5 Å². The van der Waals surface area contributed by atoms with Crippen molar-refractivity contribution in [3.8, 4) is 0 Å². The van der Waals surface area contributed by atoms with Gasteiger partial charge in [-0.15, -0.1) is 11.3 Å². The summed E-state index contributed by atoms with van der Waals surface area (Å²) in [4.78, 5) is 17.6. The van der Waals surface area contributed by atoms with Gasteiger partial charge in [0.15, 0.2) is 0 Å². The van der Waals surface area contributed by atoms with Gasteiger partial charge < -0.3 is 10.6 Å². The Balaban J connectivity index is 2.04. The first-order valence-corrected chi connectivity index (χ1v) is 7.99. The zero-order chi connectivity index (χ0) is 14.5. The molecule has 1 amide bonds. The molecule has 0 aliphatic carbocycles. The molecule has 0 saturated heterocycles. The molecular weight excluding hydrogens is 338 g/mol. The molecule has 20 heavy (non-hydrogen) atoms. The van der Waals surface area contributed by atoms with Crippen LogP contribution in [0.15, 0.2) is 28.1 Å². The maximum atomic E-state index is 12.2. The number of aromatic nitrogens is 1. The minimum atomic E-state index is -0.0841. The first-order chi connectivity index (χ1) is 9.58. The molecule has 0 spiro atoms. The lowest BCUT2D eigenvalue weighted by Gasteiger charge is -2.08. The molecular formula is C14H16BrN3OS. The van der Waals surface area contributed by atoms with Gasteiger partial charge in [-0.3, -0.25) is 4.79 Å². The lowest BCUT2D eigenvalue weighted by atomic mass is 10.2. The summed E-state index contributed by atoms with van der Waals surface area (Å²) in [5.41, 5.74) is 1.46. The maximum absolute atomic E-state index is 12.2. The fraction of sp³-hybridized carbons (Fsp3) is 0.286. The molecule has 0 radical (unpaired) electrons. The first kappa shape index (κ1) is 15.0. The van der Waals surface area contributed by atoms with Crippen LogP contribution in [0.4, 0.5) is 5.82 Å². The Morgan fingerprint density at radius 3 is 2.85 bits per heavy atom. The van der Waals surface area contributed by atoms with E-state index < -0.39 is 0 Å². The fourth-order valence-electron chi connectivity index (χ4n) is 1.79. The molecule has 0 fully saturated rings. The normalized spacial score (nSPS) is 10.3. The number of amides is 1. The molecule has 106 valence electrons. The minimum absolute atomic E-state index is 0.0841. The van der Waals surface area contributed by atoms with E-state index in [0.29, 0.717) is 12.1 Å². The molecule has 4 nitrogen and oxygen atoms in total. The van der Waals surface area contributed by atoms with Gasteiger partial charge in [0.05, 0.1) is 6.54 Å². The van der Waals surface area contributed by atoms with Crippen molar-refractivity contribution < 1.29 is 4.79 Å². The molecule has 0 unspecified atom stereocenters. The average molecular weight is 354 g/mol. The van der Waals surface area contributed by atoms with E-state index in [1.807, 2.05) is 25.3 Å². The van der Waals surface area contributed by atoms with Crippen molar-refractivity contribution in [1.29, 1.82) is 0 Å². The molecule has 0 bridgehead atoms. The van der Waals surface area contributed by atoms with Gasteiger partial charge in [0.1, 0.15) is 5.82 Å². The van der Waals surface area contributed by atoms with Crippen molar-refractivity contribution in [1.82, 2.24) is 10.3 Å². The number of nitrogens with one attached hydrogen (secondary N) is 2. The number of carbonyl (C=O) groups excluding carboxylic acids is 1. The van der Waals surface area contributed by atoms with E-state index in [-0.39, 0.29) is 5.91 Å². The Morgan fingerprint density at radius 1 is 1.40 bits per heavy atom. The Bertz CT molecular complexity index is 612. The summed E-state index contributed by atoms with van der Waals surface area (Å²) >= 11 is 5.02. The van der Waals surface area contributed by atoms with Crippen LogP contribution in [0.3, 0.4) is 0 Å². The third kappa shape index (κ3) is 4.05. The summed E-state index contributed by atoms with van der Waals surface area (Å²) in [7, 11) is 0. The molecule has 2 N–H and O–H groups in total. The molecule has 2 heterocycles. The molecule has 2 aromatic rings. The molecule has 2 rings (SSSR count). The number of pyridine rings is 1. The topological polar surface area (TPSA) is 54.0 Å². The second-order valence-electron chi connectivity index (χ2n) is 4.33. The van der Waals surface area contributed by atoms with Gasteiger partial charge in [-0.1, -0.05) is 0 Å². The standard InChI is InChI=1S/C14H16BrN3OS/c1-3-16-13-5-10(4-9(2)18-13)14(19)17-7-12-6-11(15)8-20-12/h4-6,8H,3,7H2,1-2H3,(H,16,18)(H,17,19). The van der Waals surface area contributed by atoms with Crippen molar-refractivity contribution in [2.45, 2.75) is 20.4 Å². The van der Waals surface area contributed by atoms with Gasteiger partial charge in [0, 0.05) is 32.5 Å². The number of halogens is 1. The third-order valence-electron chi connectivity index (χ3n) is 2.62. The molecule has 2 aromatic heterocycles. The number of carbonyl (C=O) groups is 1. The molecule has 0 saturated carbocycles. The summed E-state index contributed by atoms with van der Waals surface area (Å²) < 4.78 is 1.04. The SMILES string of the molecule is CCNc1cc(C(=O)NCc2cc(Br)cs2)cc(C)n1. The van der Waals surface area contributed by atoms with Crippen LogP contribution >= 0.6 is 27.3 Å². The molecule has 6 heteroatoms. The zero-order valence-corrected chi connectivity index (χ0v) is 13.8. The van der Waals surface area contributed by atoms with Gasteiger partial charge >= 0.3 is 0 Å². The van der Waals surface area contributed by atoms with Gasteiger partial charge in [-0.25, -0.2) is 4.98 Å². The lowest BCUT2D eigenvalue weighted by Crippen LogP contribution is -2.22. The Morgan fingerprint density at radius 2 is 2.20 bits per heavy atom. The first-order valence-electron chi connectivity index (χ1n) is 6.32. The number of hydrogen-bond donors (Lipinski definition) is 2. The summed E-state index contributed by atoms with van der Waals surface area (Å²) in [6.45, 7) is 5.19.